The first-order valence-electron chi connectivity index (χ1n) is 12.7. The number of ether oxygens (including phenoxy) is 1. The third-order valence-corrected chi connectivity index (χ3v) is 8.00. The second kappa shape index (κ2) is 9.43. The van der Waals surface area contributed by atoms with Crippen molar-refractivity contribution in [3.63, 3.8) is 0 Å². The molecular weight excluding hydrogens is 450 g/mol. The van der Waals surface area contributed by atoms with Gasteiger partial charge in [0.2, 0.25) is 0 Å². The highest BCUT2D eigenvalue weighted by Crippen LogP contribution is 2.40. The summed E-state index contributed by atoms with van der Waals surface area (Å²) in [5, 5.41) is 17.2. The van der Waals surface area contributed by atoms with Gasteiger partial charge < -0.3 is 15.0 Å². The van der Waals surface area contributed by atoms with Crippen LogP contribution in [0.5, 0.6) is 0 Å². The molecule has 2 aromatic heterocycles. The van der Waals surface area contributed by atoms with Crippen molar-refractivity contribution in [1.29, 1.82) is 0 Å². The highest BCUT2D eigenvalue weighted by molar-refractivity contribution is 5.83. The molecule has 6 rings (SSSR count). The van der Waals surface area contributed by atoms with Crippen LogP contribution in [0, 0.1) is 17.8 Å². The van der Waals surface area contributed by atoms with Crippen LogP contribution in [0.15, 0.2) is 30.5 Å². The minimum atomic E-state index is -2.62. The van der Waals surface area contributed by atoms with E-state index in [1.807, 2.05) is 31.4 Å². The summed E-state index contributed by atoms with van der Waals surface area (Å²) in [6, 6.07) is 7.29. The topological polar surface area (TPSA) is 68.1 Å². The number of aromatic nitrogens is 4. The lowest BCUT2D eigenvalue weighted by Gasteiger charge is -2.28. The summed E-state index contributed by atoms with van der Waals surface area (Å²) in [5.41, 5.74) is 1.98. The predicted octanol–water partition coefficient (Wildman–Crippen LogP) is 4.52. The Morgan fingerprint density at radius 3 is 2.60 bits per heavy atom. The van der Waals surface area contributed by atoms with E-state index >= 15 is 0 Å². The molecule has 2 saturated heterocycles. The highest BCUT2D eigenvalue weighted by atomic mass is 19.3. The lowest BCUT2D eigenvalue weighted by Crippen LogP contribution is -2.32. The fraction of sp³-hybridized carbons (Fsp3) is 0.577. The average Bonchev–Trinajstić information content (AvgIpc) is 3.51. The van der Waals surface area contributed by atoms with Crippen LogP contribution in [0.3, 0.4) is 0 Å². The van der Waals surface area contributed by atoms with E-state index in [0.29, 0.717) is 17.5 Å². The van der Waals surface area contributed by atoms with Crippen molar-refractivity contribution in [2.24, 2.45) is 24.8 Å². The maximum absolute atomic E-state index is 14.0. The van der Waals surface area contributed by atoms with Crippen LogP contribution < -0.4 is 5.32 Å². The van der Waals surface area contributed by atoms with Gasteiger partial charge in [-0.3, -0.25) is 4.68 Å². The van der Waals surface area contributed by atoms with Crippen LogP contribution in [-0.2, 0) is 11.8 Å². The first-order chi connectivity index (χ1) is 17.0. The van der Waals surface area contributed by atoms with Crippen LogP contribution in [0.4, 0.5) is 14.6 Å². The zero-order chi connectivity index (χ0) is 23.9. The predicted molar refractivity (Wildman–Crippen MR) is 130 cm³/mol. The monoisotopic (exact) mass is 482 g/mol. The number of nitrogens with zero attached hydrogens (tertiary/aromatic N) is 5. The van der Waals surface area contributed by atoms with Gasteiger partial charge in [-0.1, -0.05) is 6.07 Å². The van der Waals surface area contributed by atoms with Crippen molar-refractivity contribution < 1.29 is 13.5 Å². The Morgan fingerprint density at radius 1 is 1.09 bits per heavy atom. The van der Waals surface area contributed by atoms with E-state index in [4.69, 9.17) is 4.74 Å². The van der Waals surface area contributed by atoms with E-state index in [1.165, 1.54) is 12.6 Å². The molecule has 4 heterocycles. The van der Waals surface area contributed by atoms with Crippen molar-refractivity contribution in [3.05, 3.63) is 36.0 Å². The summed E-state index contributed by atoms with van der Waals surface area (Å²) in [7, 11) is 1.86. The zero-order valence-electron chi connectivity index (χ0n) is 20.0. The van der Waals surface area contributed by atoms with Crippen molar-refractivity contribution in [2.45, 2.75) is 38.2 Å². The van der Waals surface area contributed by atoms with Crippen molar-refractivity contribution in [3.8, 4) is 11.3 Å². The summed E-state index contributed by atoms with van der Waals surface area (Å²) in [6.45, 7) is 5.18. The maximum atomic E-state index is 14.0. The Hall–Kier alpha value is -2.65. The third kappa shape index (κ3) is 4.76. The molecule has 1 N–H and O–H groups in total. The molecule has 1 aliphatic carbocycles. The summed E-state index contributed by atoms with van der Waals surface area (Å²) in [6.07, 6.45) is 3.61. The molecular formula is C26H32F2N6O. The van der Waals surface area contributed by atoms with Crippen LogP contribution in [0.25, 0.3) is 22.2 Å². The molecule has 0 radical (unpaired) electrons. The molecule has 0 spiro atoms. The first kappa shape index (κ1) is 22.8. The number of benzene rings is 1. The van der Waals surface area contributed by atoms with Gasteiger partial charge in [0.25, 0.3) is 6.43 Å². The number of rotatable bonds is 6. The van der Waals surface area contributed by atoms with Crippen molar-refractivity contribution in [1.82, 2.24) is 24.9 Å². The van der Waals surface area contributed by atoms with Crippen molar-refractivity contribution >= 4 is 16.7 Å². The van der Waals surface area contributed by atoms with Crippen LogP contribution in [0.2, 0.25) is 0 Å². The highest BCUT2D eigenvalue weighted by Gasteiger charge is 2.41. The maximum Gasteiger partial charge on any atom is 0.267 e. The normalized spacial score (nSPS) is 24.0. The van der Waals surface area contributed by atoms with E-state index in [-0.39, 0.29) is 17.4 Å². The molecule has 3 fully saturated rings. The molecule has 0 unspecified atom stereocenters. The molecule has 2 aliphatic heterocycles. The van der Waals surface area contributed by atoms with E-state index in [2.05, 4.69) is 25.5 Å². The van der Waals surface area contributed by atoms with Gasteiger partial charge in [-0.05, 0) is 61.6 Å². The number of alkyl halides is 2. The quantitative estimate of drug-likeness (QED) is 0.557. The fourth-order valence-corrected chi connectivity index (χ4v) is 6.29. The van der Waals surface area contributed by atoms with E-state index in [9.17, 15) is 8.78 Å². The average molecular weight is 483 g/mol. The lowest BCUT2D eigenvalue weighted by molar-refractivity contribution is 0.0545. The molecule has 2 atom stereocenters. The molecule has 9 heteroatoms. The van der Waals surface area contributed by atoms with Gasteiger partial charge in [0.1, 0.15) is 0 Å². The Labute approximate surface area is 203 Å². The minimum Gasteiger partial charge on any atom is -0.381 e. The smallest absolute Gasteiger partial charge is 0.267 e. The Kier molecular flexibility index (Phi) is 6.14. The molecule has 1 saturated carbocycles. The number of anilines is 1. The second-order valence-corrected chi connectivity index (χ2v) is 10.5. The van der Waals surface area contributed by atoms with E-state index < -0.39 is 6.43 Å². The number of hydrogen-bond acceptors (Lipinski definition) is 6. The first-order valence-corrected chi connectivity index (χ1v) is 12.7. The van der Waals surface area contributed by atoms with Gasteiger partial charge >= 0.3 is 0 Å². The van der Waals surface area contributed by atoms with Gasteiger partial charge in [0.15, 0.2) is 5.82 Å². The third-order valence-electron chi connectivity index (χ3n) is 8.00. The molecule has 0 amide bonds. The summed E-state index contributed by atoms with van der Waals surface area (Å²) < 4.78 is 35.3. The summed E-state index contributed by atoms with van der Waals surface area (Å²) in [4.78, 5) is 2.61. The van der Waals surface area contributed by atoms with Crippen LogP contribution >= 0.6 is 0 Å². The van der Waals surface area contributed by atoms with E-state index in [0.717, 1.165) is 74.4 Å². The van der Waals surface area contributed by atoms with Gasteiger partial charge in [0.05, 0.1) is 16.8 Å². The number of likely N-dealkylation sites (tertiary alicyclic amines) is 1. The molecule has 7 nitrogen and oxygen atoms in total. The summed E-state index contributed by atoms with van der Waals surface area (Å²) in [5.74, 6) is 2.22. The molecule has 35 heavy (non-hydrogen) atoms. The number of aryl methyl sites for hydroxylation is 1. The van der Waals surface area contributed by atoms with Crippen molar-refractivity contribution in [2.75, 3.05) is 38.2 Å². The Morgan fingerprint density at radius 2 is 1.86 bits per heavy atom. The minimum absolute atomic E-state index is 0.0838. The molecule has 186 valence electrons. The van der Waals surface area contributed by atoms with Crippen LogP contribution in [0.1, 0.15) is 37.7 Å². The largest absolute Gasteiger partial charge is 0.381 e. The number of hydrogen-bond donors (Lipinski definition) is 1. The SMILES string of the molecule is Cn1cc2cc(-c3cc(C(F)F)c(NC4C[C@@H]5CN(CC6CCOCC6)C[C@H]5C4)nn3)ccc2n1. The second-order valence-electron chi connectivity index (χ2n) is 10.5. The summed E-state index contributed by atoms with van der Waals surface area (Å²) >= 11 is 0. The molecule has 3 aromatic rings. The molecule has 1 aromatic carbocycles. The van der Waals surface area contributed by atoms with Gasteiger partial charge in [-0.15, -0.1) is 10.2 Å². The van der Waals surface area contributed by atoms with Crippen LogP contribution in [-0.4, -0.2) is 63.8 Å². The standard InChI is InChI=1S/C26H32F2N6O/c1-33-13-20-8-17(2-3-23(20)32-33)24-11-22(25(27)28)26(31-30-24)29-21-9-18-14-34(15-19(18)10-21)12-16-4-6-35-7-5-16/h2-3,8,11,13,16,18-19,21,25H,4-7,9-10,12,14-15H2,1H3,(H,29,31)/t18-,19-/m1/s1. The van der Waals surface area contributed by atoms with Gasteiger partial charge in [-0.2, -0.15) is 5.10 Å². The zero-order valence-corrected chi connectivity index (χ0v) is 20.0. The van der Waals surface area contributed by atoms with Gasteiger partial charge in [-0.25, -0.2) is 8.78 Å². The lowest BCUT2D eigenvalue weighted by atomic mass is 10.00. The molecule has 0 bridgehead atoms. The number of nitrogens with one attached hydrogen (secondary N) is 1. The van der Waals surface area contributed by atoms with Gasteiger partial charge in [0, 0.05) is 63.1 Å². The number of halogens is 2. The Bertz CT molecular complexity index is 1180. The fourth-order valence-electron chi connectivity index (χ4n) is 6.29. The molecule has 3 aliphatic rings. The number of fused-ring (bicyclic) bond motifs is 2. The Balaban J connectivity index is 1.12. The van der Waals surface area contributed by atoms with E-state index in [1.54, 1.807) is 4.68 Å².